The number of anilines is 2. The largest absolute Gasteiger partial charge is 0.382 e. The van der Waals surface area contributed by atoms with Crippen molar-refractivity contribution < 1.29 is 0 Å². The standard InChI is InChI=1S/C13H16N4/c1-10-4-2-3-5-11(10)8-9-15-13-7-6-12(14)16-17-13/h2-7H,8-9H2,1H3,(H2,14,16)(H,15,17). The van der Waals surface area contributed by atoms with Gasteiger partial charge in [-0.1, -0.05) is 24.3 Å². The molecule has 0 aliphatic rings. The SMILES string of the molecule is Cc1ccccc1CCNc1ccc(N)nn1. The van der Waals surface area contributed by atoms with Gasteiger partial charge in [0.05, 0.1) is 0 Å². The number of aryl methyl sites for hydroxylation is 1. The van der Waals surface area contributed by atoms with Crippen LogP contribution in [-0.2, 0) is 6.42 Å². The molecular weight excluding hydrogens is 212 g/mol. The highest BCUT2D eigenvalue weighted by Crippen LogP contribution is 2.08. The van der Waals surface area contributed by atoms with E-state index in [4.69, 9.17) is 5.73 Å². The Morgan fingerprint density at radius 3 is 2.65 bits per heavy atom. The van der Waals surface area contributed by atoms with E-state index >= 15 is 0 Å². The number of aromatic nitrogens is 2. The van der Waals surface area contributed by atoms with Crippen LogP contribution in [0.25, 0.3) is 0 Å². The molecule has 0 spiro atoms. The van der Waals surface area contributed by atoms with Gasteiger partial charge in [-0.3, -0.25) is 0 Å². The number of nitrogens with zero attached hydrogens (tertiary/aromatic N) is 2. The molecule has 0 aliphatic heterocycles. The molecule has 0 radical (unpaired) electrons. The van der Waals surface area contributed by atoms with E-state index in [0.717, 1.165) is 18.8 Å². The van der Waals surface area contributed by atoms with Crippen LogP contribution in [0.1, 0.15) is 11.1 Å². The molecule has 0 saturated heterocycles. The molecule has 0 saturated carbocycles. The minimum atomic E-state index is 0.439. The lowest BCUT2D eigenvalue weighted by Gasteiger charge is -2.07. The second-order valence-electron chi connectivity index (χ2n) is 3.95. The number of hydrogen-bond donors (Lipinski definition) is 2. The van der Waals surface area contributed by atoms with Gasteiger partial charge in [0.25, 0.3) is 0 Å². The van der Waals surface area contributed by atoms with Crippen LogP contribution in [-0.4, -0.2) is 16.7 Å². The predicted molar refractivity (Wildman–Crippen MR) is 69.8 cm³/mol. The molecule has 88 valence electrons. The van der Waals surface area contributed by atoms with Crippen LogP contribution in [0, 0.1) is 6.92 Å². The maximum Gasteiger partial charge on any atom is 0.148 e. The summed E-state index contributed by atoms with van der Waals surface area (Å²) in [6.45, 7) is 2.96. The topological polar surface area (TPSA) is 63.8 Å². The fourth-order valence-corrected chi connectivity index (χ4v) is 1.65. The lowest BCUT2D eigenvalue weighted by Crippen LogP contribution is -2.08. The fraction of sp³-hybridized carbons (Fsp3) is 0.231. The Bertz CT molecular complexity index is 479. The van der Waals surface area contributed by atoms with Crippen molar-refractivity contribution in [1.29, 1.82) is 0 Å². The second-order valence-corrected chi connectivity index (χ2v) is 3.95. The summed E-state index contributed by atoms with van der Waals surface area (Å²) in [6, 6.07) is 12.0. The summed E-state index contributed by atoms with van der Waals surface area (Å²) < 4.78 is 0. The van der Waals surface area contributed by atoms with Gasteiger partial charge in [0, 0.05) is 6.54 Å². The Kier molecular flexibility index (Phi) is 3.55. The maximum atomic E-state index is 5.46. The molecule has 0 amide bonds. The monoisotopic (exact) mass is 228 g/mol. The van der Waals surface area contributed by atoms with Crippen molar-refractivity contribution in [1.82, 2.24) is 10.2 Å². The Hall–Kier alpha value is -2.10. The normalized spacial score (nSPS) is 10.2. The zero-order chi connectivity index (χ0) is 12.1. The number of nitrogen functional groups attached to an aromatic ring is 1. The van der Waals surface area contributed by atoms with Gasteiger partial charge >= 0.3 is 0 Å². The van der Waals surface area contributed by atoms with E-state index in [1.54, 1.807) is 6.07 Å². The van der Waals surface area contributed by atoms with Gasteiger partial charge in [-0.25, -0.2) is 0 Å². The first kappa shape index (κ1) is 11.4. The van der Waals surface area contributed by atoms with Gasteiger partial charge in [0.2, 0.25) is 0 Å². The first-order valence-corrected chi connectivity index (χ1v) is 5.63. The minimum absolute atomic E-state index is 0.439. The van der Waals surface area contributed by atoms with Gasteiger partial charge in [0.1, 0.15) is 11.6 Å². The quantitative estimate of drug-likeness (QED) is 0.840. The number of nitrogens with one attached hydrogen (secondary N) is 1. The predicted octanol–water partition coefficient (Wildman–Crippen LogP) is 2.02. The minimum Gasteiger partial charge on any atom is -0.382 e. The second kappa shape index (κ2) is 5.30. The lowest BCUT2D eigenvalue weighted by molar-refractivity contribution is 0.964. The summed E-state index contributed by atoms with van der Waals surface area (Å²) in [5.41, 5.74) is 8.13. The van der Waals surface area contributed by atoms with Gasteiger partial charge in [-0.2, -0.15) is 0 Å². The molecule has 4 heteroatoms. The molecule has 17 heavy (non-hydrogen) atoms. The van der Waals surface area contributed by atoms with Gasteiger partial charge in [0.15, 0.2) is 0 Å². The summed E-state index contributed by atoms with van der Waals surface area (Å²) in [5, 5.41) is 11.0. The first-order valence-electron chi connectivity index (χ1n) is 5.63. The van der Waals surface area contributed by atoms with Crippen molar-refractivity contribution in [3.8, 4) is 0 Å². The third-order valence-corrected chi connectivity index (χ3v) is 2.65. The van der Waals surface area contributed by atoms with Crippen LogP contribution in [0.4, 0.5) is 11.6 Å². The molecule has 0 unspecified atom stereocenters. The van der Waals surface area contributed by atoms with E-state index in [9.17, 15) is 0 Å². The highest BCUT2D eigenvalue weighted by atomic mass is 15.2. The summed E-state index contributed by atoms with van der Waals surface area (Å²) in [7, 11) is 0. The van der Waals surface area contributed by atoms with Crippen LogP contribution < -0.4 is 11.1 Å². The van der Waals surface area contributed by atoms with Crippen LogP contribution in [0.2, 0.25) is 0 Å². The third kappa shape index (κ3) is 3.17. The Labute approximate surface area is 101 Å². The molecule has 2 aromatic rings. The average molecular weight is 228 g/mol. The van der Waals surface area contributed by atoms with E-state index in [2.05, 4.69) is 46.7 Å². The molecule has 0 bridgehead atoms. The van der Waals surface area contributed by atoms with E-state index in [1.807, 2.05) is 6.07 Å². The number of nitrogens with two attached hydrogens (primary N) is 1. The molecular formula is C13H16N4. The summed E-state index contributed by atoms with van der Waals surface area (Å²) in [6.07, 6.45) is 0.971. The first-order chi connectivity index (χ1) is 8.25. The van der Waals surface area contributed by atoms with Crippen molar-refractivity contribution in [2.75, 3.05) is 17.6 Å². The van der Waals surface area contributed by atoms with E-state index in [0.29, 0.717) is 5.82 Å². The molecule has 1 aromatic heterocycles. The molecule has 0 aliphatic carbocycles. The zero-order valence-electron chi connectivity index (χ0n) is 9.85. The molecule has 1 heterocycles. The van der Waals surface area contributed by atoms with Crippen LogP contribution >= 0.6 is 0 Å². The summed E-state index contributed by atoms with van der Waals surface area (Å²) >= 11 is 0. The fourth-order valence-electron chi connectivity index (χ4n) is 1.65. The average Bonchev–Trinajstić information content (AvgIpc) is 2.34. The highest BCUT2D eigenvalue weighted by Gasteiger charge is 1.98. The van der Waals surface area contributed by atoms with Gasteiger partial charge in [-0.05, 0) is 36.6 Å². The summed E-state index contributed by atoms with van der Waals surface area (Å²) in [5.74, 6) is 1.20. The molecule has 4 nitrogen and oxygen atoms in total. The number of rotatable bonds is 4. The Morgan fingerprint density at radius 2 is 1.94 bits per heavy atom. The third-order valence-electron chi connectivity index (χ3n) is 2.65. The number of benzene rings is 1. The van der Waals surface area contributed by atoms with E-state index in [-0.39, 0.29) is 0 Å². The van der Waals surface area contributed by atoms with Gasteiger partial charge in [-0.15, -0.1) is 10.2 Å². The molecule has 2 rings (SSSR count). The summed E-state index contributed by atoms with van der Waals surface area (Å²) in [4.78, 5) is 0. The zero-order valence-corrected chi connectivity index (χ0v) is 9.85. The maximum absolute atomic E-state index is 5.46. The molecule has 1 aromatic carbocycles. The smallest absolute Gasteiger partial charge is 0.148 e. The van der Waals surface area contributed by atoms with Crippen LogP contribution in [0.5, 0.6) is 0 Å². The Morgan fingerprint density at radius 1 is 1.12 bits per heavy atom. The van der Waals surface area contributed by atoms with Crippen molar-refractivity contribution >= 4 is 11.6 Å². The molecule has 3 N–H and O–H groups in total. The van der Waals surface area contributed by atoms with Crippen LogP contribution in [0.15, 0.2) is 36.4 Å². The van der Waals surface area contributed by atoms with Crippen molar-refractivity contribution in [3.05, 3.63) is 47.5 Å². The Balaban J connectivity index is 1.88. The molecule has 0 atom stereocenters. The van der Waals surface area contributed by atoms with Gasteiger partial charge < -0.3 is 11.1 Å². The number of hydrogen-bond acceptors (Lipinski definition) is 4. The van der Waals surface area contributed by atoms with E-state index < -0.39 is 0 Å². The highest BCUT2D eigenvalue weighted by molar-refractivity contribution is 5.38. The van der Waals surface area contributed by atoms with Crippen molar-refractivity contribution in [2.24, 2.45) is 0 Å². The van der Waals surface area contributed by atoms with E-state index in [1.165, 1.54) is 11.1 Å². The lowest BCUT2D eigenvalue weighted by atomic mass is 10.1. The van der Waals surface area contributed by atoms with Crippen molar-refractivity contribution in [3.63, 3.8) is 0 Å². The van der Waals surface area contributed by atoms with Crippen LogP contribution in [0.3, 0.4) is 0 Å². The molecule has 0 fully saturated rings. The van der Waals surface area contributed by atoms with Crippen molar-refractivity contribution in [2.45, 2.75) is 13.3 Å².